The molecule has 110 valence electrons. The molecule has 1 aromatic rings. The second-order valence-electron chi connectivity index (χ2n) is 4.94. The van der Waals surface area contributed by atoms with Crippen LogP contribution in [0.4, 0.5) is 0 Å². The zero-order valence-corrected chi connectivity index (χ0v) is 13.7. The van der Waals surface area contributed by atoms with Gasteiger partial charge in [-0.2, -0.15) is 8.42 Å². The van der Waals surface area contributed by atoms with E-state index in [0.717, 1.165) is 17.3 Å². The predicted octanol–water partition coefficient (Wildman–Crippen LogP) is 4.44. The second-order valence-corrected chi connectivity index (χ2v) is 7.47. The average Bonchev–Trinajstić information content (AvgIpc) is 2.68. The van der Waals surface area contributed by atoms with E-state index < -0.39 is 10.1 Å². The summed E-state index contributed by atoms with van der Waals surface area (Å²) in [5.74, 6) is 0. The third-order valence-electron chi connectivity index (χ3n) is 3.40. The maximum absolute atomic E-state index is 12.0. The van der Waals surface area contributed by atoms with Gasteiger partial charge in [-0.15, -0.1) is 0 Å². The monoisotopic (exact) mass is 358 g/mol. The van der Waals surface area contributed by atoms with E-state index in [0.29, 0.717) is 6.42 Å². The van der Waals surface area contributed by atoms with Crippen molar-refractivity contribution in [1.82, 2.24) is 0 Å². The molecule has 1 aromatic carbocycles. The van der Waals surface area contributed by atoms with Crippen molar-refractivity contribution in [3.63, 3.8) is 0 Å². The van der Waals surface area contributed by atoms with Gasteiger partial charge in [-0.25, -0.2) is 0 Å². The summed E-state index contributed by atoms with van der Waals surface area (Å²) >= 11 is 3.28. The number of benzene rings is 1. The molecule has 0 radical (unpaired) electrons. The van der Waals surface area contributed by atoms with Crippen molar-refractivity contribution in [2.24, 2.45) is 0 Å². The van der Waals surface area contributed by atoms with Gasteiger partial charge in [0.2, 0.25) is 0 Å². The Balaban J connectivity index is 1.89. The van der Waals surface area contributed by atoms with E-state index in [2.05, 4.69) is 22.0 Å². The summed E-state index contributed by atoms with van der Waals surface area (Å²) in [6.45, 7) is 0.226. The van der Waals surface area contributed by atoms with Gasteiger partial charge in [0, 0.05) is 4.47 Å². The van der Waals surface area contributed by atoms with Crippen LogP contribution in [0, 0.1) is 0 Å². The predicted molar refractivity (Wildman–Crippen MR) is 83.1 cm³/mol. The number of hydrogen-bond donors (Lipinski definition) is 0. The average molecular weight is 359 g/mol. The van der Waals surface area contributed by atoms with Crippen LogP contribution in [0.2, 0.25) is 0 Å². The van der Waals surface area contributed by atoms with Crippen LogP contribution in [-0.2, 0) is 14.3 Å². The van der Waals surface area contributed by atoms with Crippen molar-refractivity contribution >= 4 is 26.0 Å². The Hall–Kier alpha value is -0.650. The molecule has 0 unspecified atom stereocenters. The number of hydrogen-bond acceptors (Lipinski definition) is 3. The van der Waals surface area contributed by atoms with Gasteiger partial charge in [0.1, 0.15) is 0 Å². The van der Waals surface area contributed by atoms with Crippen molar-refractivity contribution in [2.75, 3.05) is 6.61 Å². The van der Waals surface area contributed by atoms with Crippen molar-refractivity contribution in [2.45, 2.75) is 43.4 Å². The van der Waals surface area contributed by atoms with Crippen molar-refractivity contribution in [1.29, 1.82) is 0 Å². The fourth-order valence-corrected chi connectivity index (χ4v) is 3.43. The maximum atomic E-state index is 12.0. The Kier molecular flexibility index (Phi) is 5.81. The quantitative estimate of drug-likeness (QED) is 0.577. The van der Waals surface area contributed by atoms with Gasteiger partial charge in [0.05, 0.1) is 11.5 Å². The van der Waals surface area contributed by atoms with Crippen LogP contribution in [0.3, 0.4) is 0 Å². The number of rotatable bonds is 5. The summed E-state index contributed by atoms with van der Waals surface area (Å²) in [6.07, 6.45) is 8.82. The minimum Gasteiger partial charge on any atom is -0.266 e. The molecular weight excluding hydrogens is 340 g/mol. The highest BCUT2D eigenvalue weighted by Gasteiger charge is 2.15. The normalized spacial score (nSPS) is 16.6. The Bertz CT molecular complexity index is 561. The van der Waals surface area contributed by atoms with Crippen molar-refractivity contribution in [3.05, 3.63) is 40.4 Å². The molecule has 0 amide bonds. The minimum absolute atomic E-state index is 0.204. The van der Waals surface area contributed by atoms with E-state index in [1.165, 1.54) is 24.8 Å². The van der Waals surface area contributed by atoms with Gasteiger partial charge >= 0.3 is 0 Å². The number of allylic oxidation sites excluding steroid dienone is 1. The zero-order chi connectivity index (χ0) is 14.4. The van der Waals surface area contributed by atoms with E-state index in [1.807, 2.05) is 0 Å². The molecule has 2 rings (SSSR count). The van der Waals surface area contributed by atoms with Crippen LogP contribution in [0.15, 0.2) is 45.3 Å². The highest BCUT2D eigenvalue weighted by molar-refractivity contribution is 9.10. The molecule has 20 heavy (non-hydrogen) atoms. The summed E-state index contributed by atoms with van der Waals surface area (Å²) < 4.78 is 30.0. The van der Waals surface area contributed by atoms with Gasteiger partial charge in [-0.3, -0.25) is 4.18 Å². The van der Waals surface area contributed by atoms with E-state index >= 15 is 0 Å². The smallest absolute Gasteiger partial charge is 0.266 e. The summed E-state index contributed by atoms with van der Waals surface area (Å²) in [7, 11) is -3.64. The van der Waals surface area contributed by atoms with Crippen LogP contribution in [0.1, 0.15) is 38.5 Å². The summed E-state index contributed by atoms with van der Waals surface area (Å²) in [5, 5.41) is 0. The molecule has 0 saturated carbocycles. The first-order valence-electron chi connectivity index (χ1n) is 6.91. The second kappa shape index (κ2) is 7.38. The molecule has 0 N–H and O–H groups in total. The van der Waals surface area contributed by atoms with Crippen LogP contribution < -0.4 is 0 Å². The summed E-state index contributed by atoms with van der Waals surface area (Å²) in [6, 6.07) is 6.49. The Morgan fingerprint density at radius 2 is 1.85 bits per heavy atom. The Morgan fingerprint density at radius 1 is 1.10 bits per heavy atom. The van der Waals surface area contributed by atoms with E-state index in [9.17, 15) is 8.42 Å². The van der Waals surface area contributed by atoms with Crippen LogP contribution >= 0.6 is 15.9 Å². The van der Waals surface area contributed by atoms with E-state index in [-0.39, 0.29) is 11.5 Å². The van der Waals surface area contributed by atoms with E-state index in [1.54, 1.807) is 24.3 Å². The molecule has 0 saturated heterocycles. The Labute approximate surface area is 129 Å². The first-order chi connectivity index (χ1) is 9.58. The first kappa shape index (κ1) is 15.7. The van der Waals surface area contributed by atoms with Crippen molar-refractivity contribution < 1.29 is 12.6 Å². The van der Waals surface area contributed by atoms with Crippen LogP contribution in [-0.4, -0.2) is 15.0 Å². The lowest BCUT2D eigenvalue weighted by Crippen LogP contribution is -2.08. The molecular formula is C15H19BrO3S. The minimum atomic E-state index is -3.64. The third kappa shape index (κ3) is 4.72. The molecule has 0 heterocycles. The summed E-state index contributed by atoms with van der Waals surface area (Å²) in [4.78, 5) is 0.204. The highest BCUT2D eigenvalue weighted by atomic mass is 79.9. The molecule has 0 aliphatic heterocycles. The molecule has 0 aromatic heterocycles. The van der Waals surface area contributed by atoms with Crippen LogP contribution in [0.25, 0.3) is 0 Å². The standard InChI is InChI=1S/C15H19BrO3S/c16-14-7-9-15(10-8-14)20(17,18)19-12-11-13-5-3-1-2-4-6-13/h5,7-10H,1-4,6,11-12H2. The molecule has 0 atom stereocenters. The first-order valence-corrected chi connectivity index (χ1v) is 9.11. The molecule has 1 aliphatic rings. The molecule has 3 nitrogen and oxygen atoms in total. The van der Waals surface area contributed by atoms with Crippen LogP contribution in [0.5, 0.6) is 0 Å². The lowest BCUT2D eigenvalue weighted by atomic mass is 10.1. The number of halogens is 1. The lowest BCUT2D eigenvalue weighted by Gasteiger charge is -2.07. The summed E-state index contributed by atoms with van der Waals surface area (Å²) in [5.41, 5.74) is 1.33. The highest BCUT2D eigenvalue weighted by Crippen LogP contribution is 2.21. The largest absolute Gasteiger partial charge is 0.296 e. The molecule has 5 heteroatoms. The Morgan fingerprint density at radius 3 is 2.60 bits per heavy atom. The maximum Gasteiger partial charge on any atom is 0.296 e. The van der Waals surface area contributed by atoms with Gasteiger partial charge < -0.3 is 0 Å². The molecule has 1 aliphatic carbocycles. The van der Waals surface area contributed by atoms with Crippen molar-refractivity contribution in [3.8, 4) is 0 Å². The van der Waals surface area contributed by atoms with Gasteiger partial charge in [-0.05, 0) is 56.4 Å². The van der Waals surface area contributed by atoms with Gasteiger partial charge in [-0.1, -0.05) is 34.0 Å². The molecule has 0 spiro atoms. The fourth-order valence-electron chi connectivity index (χ4n) is 2.26. The topological polar surface area (TPSA) is 43.4 Å². The van der Waals surface area contributed by atoms with Gasteiger partial charge in [0.25, 0.3) is 10.1 Å². The molecule has 0 bridgehead atoms. The molecule has 0 fully saturated rings. The third-order valence-corrected chi connectivity index (χ3v) is 5.25. The van der Waals surface area contributed by atoms with E-state index in [4.69, 9.17) is 4.18 Å². The zero-order valence-electron chi connectivity index (χ0n) is 11.3. The van der Waals surface area contributed by atoms with Gasteiger partial charge in [0.15, 0.2) is 0 Å². The fraction of sp³-hybridized carbons (Fsp3) is 0.467. The SMILES string of the molecule is O=S(=O)(OCCC1=CCCCCC1)c1ccc(Br)cc1. The lowest BCUT2D eigenvalue weighted by molar-refractivity contribution is 0.320.